The highest BCUT2D eigenvalue weighted by atomic mass is 16.4. The van der Waals surface area contributed by atoms with Crippen LogP contribution in [0, 0.1) is 4.91 Å². The number of aromatic carboxylic acids is 2. The minimum atomic E-state index is -1.39. The van der Waals surface area contributed by atoms with Crippen molar-refractivity contribution in [3.05, 3.63) is 34.2 Å². The molecule has 0 aromatic heterocycles. The van der Waals surface area contributed by atoms with E-state index in [4.69, 9.17) is 10.2 Å². The first kappa shape index (κ1) is 9.85. The van der Waals surface area contributed by atoms with E-state index in [9.17, 15) is 14.5 Å². The zero-order valence-corrected chi connectivity index (χ0v) is 6.80. The van der Waals surface area contributed by atoms with Crippen molar-refractivity contribution in [2.24, 2.45) is 5.18 Å². The van der Waals surface area contributed by atoms with Crippen molar-refractivity contribution in [1.82, 2.24) is 0 Å². The van der Waals surface area contributed by atoms with Gasteiger partial charge in [-0.15, -0.1) is 4.91 Å². The third kappa shape index (κ3) is 1.74. The molecule has 6 heteroatoms. The van der Waals surface area contributed by atoms with Crippen LogP contribution in [0.3, 0.4) is 0 Å². The molecule has 0 aliphatic heterocycles. The summed E-state index contributed by atoms with van der Waals surface area (Å²) in [6.07, 6.45) is 0. The van der Waals surface area contributed by atoms with Gasteiger partial charge in [-0.1, -0.05) is 0 Å². The molecule has 1 aromatic carbocycles. The molecule has 14 heavy (non-hydrogen) atoms. The van der Waals surface area contributed by atoms with Gasteiger partial charge in [0.1, 0.15) is 5.69 Å². The Hall–Kier alpha value is -2.24. The maximum Gasteiger partial charge on any atom is 0.338 e. The summed E-state index contributed by atoms with van der Waals surface area (Å²) < 4.78 is 0. The third-order valence-electron chi connectivity index (χ3n) is 1.57. The van der Waals surface area contributed by atoms with Crippen LogP contribution in [0.15, 0.2) is 23.4 Å². The number of nitroso groups, excluding NO2 is 1. The van der Waals surface area contributed by atoms with Gasteiger partial charge in [0.25, 0.3) is 0 Å². The molecule has 0 spiro atoms. The normalized spacial score (nSPS) is 9.43. The lowest BCUT2D eigenvalue weighted by atomic mass is 10.1. The van der Waals surface area contributed by atoms with Gasteiger partial charge in [0, 0.05) is 0 Å². The van der Waals surface area contributed by atoms with Crippen LogP contribution >= 0.6 is 0 Å². The summed E-state index contributed by atoms with van der Waals surface area (Å²) in [7, 11) is 0. The molecule has 0 amide bonds. The first-order valence-corrected chi connectivity index (χ1v) is 3.50. The van der Waals surface area contributed by atoms with E-state index in [0.29, 0.717) is 0 Å². The molecule has 0 radical (unpaired) electrons. The number of hydrogen-bond acceptors (Lipinski definition) is 4. The number of carbonyl (C=O) groups is 2. The molecule has 0 fully saturated rings. The van der Waals surface area contributed by atoms with Gasteiger partial charge in [0.05, 0.1) is 11.1 Å². The Balaban J connectivity index is 3.34. The molecule has 0 aliphatic rings. The lowest BCUT2D eigenvalue weighted by molar-refractivity contribution is 0.0696. The van der Waals surface area contributed by atoms with Crippen LogP contribution in [0.2, 0.25) is 0 Å². The minimum Gasteiger partial charge on any atom is -0.478 e. The van der Waals surface area contributed by atoms with Crippen LogP contribution in [0.5, 0.6) is 0 Å². The molecular weight excluding hydrogens is 190 g/mol. The lowest BCUT2D eigenvalue weighted by Gasteiger charge is -1.99. The third-order valence-corrected chi connectivity index (χ3v) is 1.57. The van der Waals surface area contributed by atoms with Crippen molar-refractivity contribution < 1.29 is 19.8 Å². The molecule has 0 heterocycles. The Bertz CT molecular complexity index is 412. The first-order valence-electron chi connectivity index (χ1n) is 3.50. The summed E-state index contributed by atoms with van der Waals surface area (Å²) in [5, 5.41) is 19.6. The number of carboxylic acid groups (broad SMARTS) is 2. The Labute approximate surface area is 77.8 Å². The number of carboxylic acids is 2. The van der Waals surface area contributed by atoms with Crippen LogP contribution in [0.25, 0.3) is 0 Å². The van der Waals surface area contributed by atoms with Gasteiger partial charge in [-0.2, -0.15) is 0 Å². The second-order valence-corrected chi connectivity index (χ2v) is 2.43. The highest BCUT2D eigenvalue weighted by Crippen LogP contribution is 2.20. The Kier molecular flexibility index (Phi) is 2.57. The predicted octanol–water partition coefficient (Wildman–Crippen LogP) is 1.48. The zero-order valence-electron chi connectivity index (χ0n) is 6.80. The SMILES string of the molecule is O=Nc1ccc(C(=O)O)cc1C(=O)O. The van der Waals surface area contributed by atoms with Crippen LogP contribution in [0.4, 0.5) is 5.69 Å². The molecule has 0 atom stereocenters. The Morgan fingerprint density at radius 3 is 2.21 bits per heavy atom. The van der Waals surface area contributed by atoms with Crippen LogP contribution < -0.4 is 0 Å². The van der Waals surface area contributed by atoms with E-state index in [-0.39, 0.29) is 11.3 Å². The number of nitrogens with zero attached hydrogens (tertiary/aromatic N) is 1. The Morgan fingerprint density at radius 2 is 1.79 bits per heavy atom. The van der Waals surface area contributed by atoms with Gasteiger partial charge in [0.2, 0.25) is 0 Å². The molecule has 72 valence electrons. The van der Waals surface area contributed by atoms with E-state index < -0.39 is 17.5 Å². The maximum absolute atomic E-state index is 10.6. The van der Waals surface area contributed by atoms with E-state index in [1.54, 1.807) is 0 Å². The molecule has 0 bridgehead atoms. The molecule has 6 nitrogen and oxygen atoms in total. The largest absolute Gasteiger partial charge is 0.478 e. The van der Waals surface area contributed by atoms with Gasteiger partial charge >= 0.3 is 11.9 Å². The Morgan fingerprint density at radius 1 is 1.14 bits per heavy atom. The summed E-state index contributed by atoms with van der Waals surface area (Å²) in [6, 6.07) is 3.06. The predicted molar refractivity (Wildman–Crippen MR) is 45.8 cm³/mol. The fourth-order valence-corrected chi connectivity index (χ4v) is 0.920. The molecule has 2 N–H and O–H groups in total. The quantitative estimate of drug-likeness (QED) is 0.710. The summed E-state index contributed by atoms with van der Waals surface area (Å²) in [5.74, 6) is -2.65. The van der Waals surface area contributed by atoms with Gasteiger partial charge in [-0.3, -0.25) is 0 Å². The number of benzene rings is 1. The molecular formula is C8H5NO5. The molecule has 1 rings (SSSR count). The van der Waals surface area contributed by atoms with E-state index in [0.717, 1.165) is 18.2 Å². The van der Waals surface area contributed by atoms with Gasteiger partial charge in [-0.05, 0) is 23.4 Å². The first-order chi connectivity index (χ1) is 6.56. The van der Waals surface area contributed by atoms with E-state index in [2.05, 4.69) is 5.18 Å². The average molecular weight is 195 g/mol. The second-order valence-electron chi connectivity index (χ2n) is 2.43. The minimum absolute atomic E-state index is 0.199. The van der Waals surface area contributed by atoms with Crippen molar-refractivity contribution in [2.45, 2.75) is 0 Å². The molecule has 0 unspecified atom stereocenters. The molecule has 1 aromatic rings. The van der Waals surface area contributed by atoms with Gasteiger partial charge < -0.3 is 10.2 Å². The monoisotopic (exact) mass is 195 g/mol. The highest BCUT2D eigenvalue weighted by molar-refractivity contribution is 5.97. The lowest BCUT2D eigenvalue weighted by Crippen LogP contribution is -2.02. The van der Waals surface area contributed by atoms with Gasteiger partial charge in [0.15, 0.2) is 0 Å². The summed E-state index contributed by atoms with van der Waals surface area (Å²) in [4.78, 5) is 31.2. The van der Waals surface area contributed by atoms with Crippen molar-refractivity contribution >= 4 is 17.6 Å². The van der Waals surface area contributed by atoms with Crippen molar-refractivity contribution in [1.29, 1.82) is 0 Å². The van der Waals surface area contributed by atoms with E-state index >= 15 is 0 Å². The fraction of sp³-hybridized carbons (Fsp3) is 0. The van der Waals surface area contributed by atoms with Crippen LogP contribution in [0.1, 0.15) is 20.7 Å². The summed E-state index contributed by atoms with van der Waals surface area (Å²) in [6.45, 7) is 0. The zero-order chi connectivity index (χ0) is 10.7. The molecule has 0 aliphatic carbocycles. The van der Waals surface area contributed by atoms with Crippen molar-refractivity contribution in [3.8, 4) is 0 Å². The van der Waals surface area contributed by atoms with Crippen molar-refractivity contribution in [3.63, 3.8) is 0 Å². The average Bonchev–Trinajstić information content (AvgIpc) is 2.16. The van der Waals surface area contributed by atoms with Crippen LogP contribution in [-0.2, 0) is 0 Å². The smallest absolute Gasteiger partial charge is 0.338 e. The van der Waals surface area contributed by atoms with Crippen LogP contribution in [-0.4, -0.2) is 22.2 Å². The maximum atomic E-state index is 10.6. The molecule has 0 saturated heterocycles. The fourth-order valence-electron chi connectivity index (χ4n) is 0.920. The second kappa shape index (κ2) is 3.65. The van der Waals surface area contributed by atoms with Gasteiger partial charge in [-0.25, -0.2) is 9.59 Å². The topological polar surface area (TPSA) is 104 Å². The van der Waals surface area contributed by atoms with E-state index in [1.165, 1.54) is 0 Å². The summed E-state index contributed by atoms with van der Waals surface area (Å²) in [5.41, 5.74) is -0.905. The van der Waals surface area contributed by atoms with Crippen molar-refractivity contribution in [2.75, 3.05) is 0 Å². The number of rotatable bonds is 3. The van der Waals surface area contributed by atoms with E-state index in [1.807, 2.05) is 0 Å². The highest BCUT2D eigenvalue weighted by Gasteiger charge is 2.14. The standard InChI is InChI=1S/C8H5NO5/c10-7(11)4-1-2-6(9-14)5(3-4)8(12)13/h1-3H,(H,10,11)(H,12,13). The summed E-state index contributed by atoms with van der Waals surface area (Å²) >= 11 is 0. The molecule has 0 saturated carbocycles. The number of hydrogen-bond donors (Lipinski definition) is 2.